The standard InChI is InChI=1S/C11H25NO.3C10H23NO.C10H22O.2C9H21NO.C8H19NO.C6H13F2NO.C6H15NO/c1-6-10(7-12)11(8(2)3)13-9(4)5;1-9(2)12-8-10(3,4)7-11(5)6;1-6-11-7-10(4,5)8-12-9(2)3;1-5-9(7-11)10(6-2)12-8(3)4;1-6-7-10(4,5)8-11-9(2)3;1-8(2)11-7-9(3,4)6-10-5;1-5-9(6-10)8(4)11-7(2)3;1-7(2)10-6-8(3,4)5-9;1-5(2)10-4-6(7,8)3-9;1-6(2)8-5-3-4-7/h8-11H,6-7,12H2,1-5H3;9H,7-8H2,1-6H3;9,11H,6-8H2,1-5H3;8-10H,5-7,11H2,1-4H3;9H,6-8H2,1-5H3;8,10H,6-7H2,1-5H3;7-9H,5-6,10H2,1-4H3;7H,5-6,9H2,1-4H3;5H,3-4,9H2,1-2H3;6H,3-5,7H2,1-2H3. The van der Waals surface area contributed by atoms with Crippen LogP contribution in [0, 0.1) is 50.7 Å². The quantitative estimate of drug-likeness (QED) is 0.0263. The van der Waals surface area contributed by atoms with Gasteiger partial charge in [0.05, 0.1) is 119 Å². The van der Waals surface area contributed by atoms with Crippen LogP contribution in [-0.2, 0) is 47.4 Å². The maximum Gasteiger partial charge on any atom is 0.282 e. The van der Waals surface area contributed by atoms with E-state index in [2.05, 4.69) is 263 Å². The maximum atomic E-state index is 12.3. The molecule has 0 radical (unpaired) electrons. The Balaban J connectivity index is -0.000000127. The van der Waals surface area contributed by atoms with Gasteiger partial charge in [-0.25, -0.2) is 8.78 Å². The SMILES string of the molecule is CC(C)OCC(C)(C)CN.CC(C)OCC(C)(C)CN(C)C.CC(C)OCC(F)(F)CN.CC(C)OCCCN.CCC(CN)C(C)OC(C)C.CCC(CN)C(CC)OC(C)C.CCC(CN)C(OC(C)C)C(C)C.CCCC(C)(C)COC(C)C.CCNCC(C)(C)COC(C)C.CNCC(C)(C)COC(C)C. The molecule has 0 aliphatic carbocycles. The van der Waals surface area contributed by atoms with Crippen LogP contribution in [0.15, 0.2) is 0 Å². The molecule has 0 amide bonds. The molecule has 19 nitrogen and oxygen atoms in total. The van der Waals surface area contributed by atoms with Crippen LogP contribution in [0.5, 0.6) is 0 Å². The molecule has 0 aliphatic rings. The van der Waals surface area contributed by atoms with Crippen molar-refractivity contribution in [1.29, 1.82) is 0 Å². The molecule has 6 atom stereocenters. The number of nitrogens with zero attached hydrogens (tertiary/aromatic N) is 1. The minimum Gasteiger partial charge on any atom is -0.379 e. The first-order valence-corrected chi connectivity index (χ1v) is 43.1. The van der Waals surface area contributed by atoms with Gasteiger partial charge in [0, 0.05) is 47.9 Å². The molecule has 0 spiro atoms. The third-order valence-corrected chi connectivity index (χ3v) is 16.1. The summed E-state index contributed by atoms with van der Waals surface area (Å²) in [6, 6.07) is 0. The van der Waals surface area contributed by atoms with Gasteiger partial charge in [0.2, 0.25) is 0 Å². The Bertz CT molecular complexity index is 1750. The molecule has 0 saturated carbocycles. The largest absolute Gasteiger partial charge is 0.379 e. The Morgan fingerprint density at radius 3 is 0.991 bits per heavy atom. The van der Waals surface area contributed by atoms with Gasteiger partial charge in [-0.2, -0.15) is 0 Å². The molecule has 0 aromatic rings. The van der Waals surface area contributed by atoms with Crippen molar-refractivity contribution in [2.45, 2.75) is 400 Å². The van der Waals surface area contributed by atoms with Crippen LogP contribution >= 0.6 is 0 Å². The normalized spacial score (nSPS) is 13.8. The molecular weight excluding hydrogens is 1390 g/mol. The molecule has 0 saturated heterocycles. The summed E-state index contributed by atoms with van der Waals surface area (Å²) in [5, 5.41) is 6.48. The summed E-state index contributed by atoms with van der Waals surface area (Å²) in [5.74, 6) is -0.780. The number of nitrogens with two attached hydrogens (primary N) is 6. The molecule has 0 fully saturated rings. The van der Waals surface area contributed by atoms with E-state index in [1.54, 1.807) is 13.8 Å². The molecular formula is C89H205F2N9O10. The number of nitrogens with one attached hydrogen (secondary N) is 2. The second kappa shape index (κ2) is 79.2. The van der Waals surface area contributed by atoms with Crippen molar-refractivity contribution >= 4 is 0 Å². The lowest BCUT2D eigenvalue weighted by Gasteiger charge is -2.30. The first-order chi connectivity index (χ1) is 50.3. The molecule has 0 aliphatic heterocycles. The van der Waals surface area contributed by atoms with E-state index in [-0.39, 0.29) is 27.8 Å². The van der Waals surface area contributed by atoms with Crippen LogP contribution in [0.1, 0.15) is 315 Å². The third kappa shape index (κ3) is 107. The molecule has 680 valence electrons. The van der Waals surface area contributed by atoms with Crippen molar-refractivity contribution in [1.82, 2.24) is 15.5 Å². The van der Waals surface area contributed by atoms with E-state index in [4.69, 9.17) is 77.0 Å². The zero-order valence-corrected chi connectivity index (χ0v) is 81.5. The monoisotopic (exact) mass is 1600 g/mol. The van der Waals surface area contributed by atoms with Gasteiger partial charge in [0.25, 0.3) is 5.92 Å². The summed E-state index contributed by atoms with van der Waals surface area (Å²) in [6.45, 7) is 93.5. The van der Waals surface area contributed by atoms with Crippen molar-refractivity contribution < 1.29 is 56.1 Å². The van der Waals surface area contributed by atoms with Crippen molar-refractivity contribution in [3.63, 3.8) is 0 Å². The van der Waals surface area contributed by atoms with E-state index in [0.717, 1.165) is 124 Å². The molecule has 0 aromatic carbocycles. The van der Waals surface area contributed by atoms with Gasteiger partial charge in [-0.1, -0.05) is 131 Å². The van der Waals surface area contributed by atoms with Crippen LogP contribution in [0.4, 0.5) is 8.78 Å². The molecule has 0 rings (SSSR count). The lowest BCUT2D eigenvalue weighted by molar-refractivity contribution is -0.0852. The summed E-state index contributed by atoms with van der Waals surface area (Å²) < 4.78 is 79.3. The summed E-state index contributed by atoms with van der Waals surface area (Å²) in [6.07, 6.45) is 11.6. The molecule has 0 aromatic heterocycles. The second-order valence-electron chi connectivity index (χ2n) is 36.7. The fraction of sp³-hybridized carbons (Fsp3) is 1.00. The highest BCUT2D eigenvalue weighted by molar-refractivity contribution is 4.76. The van der Waals surface area contributed by atoms with Gasteiger partial charge >= 0.3 is 0 Å². The summed E-state index contributed by atoms with van der Waals surface area (Å²) >= 11 is 0. The predicted octanol–water partition coefficient (Wildman–Crippen LogP) is 18.5. The Morgan fingerprint density at radius 1 is 0.373 bits per heavy atom. The van der Waals surface area contributed by atoms with Gasteiger partial charge in [0.15, 0.2) is 0 Å². The van der Waals surface area contributed by atoms with Crippen LogP contribution in [0.25, 0.3) is 0 Å². The average Bonchev–Trinajstić information content (AvgIpc) is 0.891. The highest BCUT2D eigenvalue weighted by atomic mass is 19.3. The van der Waals surface area contributed by atoms with Crippen molar-refractivity contribution in [3.05, 3.63) is 0 Å². The number of alkyl halides is 2. The number of halogens is 2. The van der Waals surface area contributed by atoms with E-state index in [1.165, 1.54) is 12.8 Å². The zero-order chi connectivity index (χ0) is 88.8. The third-order valence-electron chi connectivity index (χ3n) is 16.1. The number of hydrogen-bond acceptors (Lipinski definition) is 19. The number of hydrogen-bond donors (Lipinski definition) is 8. The van der Waals surface area contributed by atoms with Gasteiger partial charge in [0.1, 0.15) is 6.61 Å². The second-order valence-corrected chi connectivity index (χ2v) is 36.7. The predicted molar refractivity (Wildman–Crippen MR) is 479 cm³/mol. The van der Waals surface area contributed by atoms with Crippen molar-refractivity contribution in [2.75, 3.05) is 133 Å². The molecule has 0 heterocycles. The van der Waals surface area contributed by atoms with Crippen molar-refractivity contribution in [3.8, 4) is 0 Å². The fourth-order valence-electron chi connectivity index (χ4n) is 9.83. The van der Waals surface area contributed by atoms with Crippen LogP contribution in [-0.4, -0.2) is 223 Å². The molecule has 110 heavy (non-hydrogen) atoms. The molecule has 0 bridgehead atoms. The topological polar surface area (TPSA) is 276 Å². The Labute approximate surface area is 686 Å². The number of rotatable bonds is 50. The summed E-state index contributed by atoms with van der Waals surface area (Å²) in [4.78, 5) is 2.20. The summed E-state index contributed by atoms with van der Waals surface area (Å²) in [5.41, 5.74) is 33.7. The minimum absolute atomic E-state index is 0.129. The highest BCUT2D eigenvalue weighted by Gasteiger charge is 2.28. The van der Waals surface area contributed by atoms with E-state index in [0.29, 0.717) is 109 Å². The van der Waals surface area contributed by atoms with Crippen molar-refractivity contribution in [2.24, 2.45) is 85.1 Å². The Morgan fingerprint density at radius 2 is 0.718 bits per heavy atom. The van der Waals surface area contributed by atoms with Gasteiger partial charge in [-0.15, -0.1) is 0 Å². The summed E-state index contributed by atoms with van der Waals surface area (Å²) in [7, 11) is 6.16. The van der Waals surface area contributed by atoms with E-state index in [9.17, 15) is 8.78 Å². The zero-order valence-electron chi connectivity index (χ0n) is 81.5. The fourth-order valence-corrected chi connectivity index (χ4v) is 9.83. The van der Waals surface area contributed by atoms with Crippen LogP contribution in [0.2, 0.25) is 0 Å². The van der Waals surface area contributed by atoms with Gasteiger partial charge in [-0.05, 0) is 273 Å². The molecule has 6 unspecified atom stereocenters. The smallest absolute Gasteiger partial charge is 0.282 e. The van der Waals surface area contributed by atoms with Gasteiger partial charge in [-0.3, -0.25) is 0 Å². The minimum atomic E-state index is -2.87. The number of ether oxygens (including phenoxy) is 10. The molecule has 14 N–H and O–H groups in total. The molecule has 21 heteroatoms. The Hall–Kier alpha value is -0.900. The van der Waals surface area contributed by atoms with E-state index < -0.39 is 19.1 Å². The van der Waals surface area contributed by atoms with Crippen LogP contribution < -0.4 is 45.0 Å². The lowest BCUT2D eigenvalue weighted by Crippen LogP contribution is -2.35. The van der Waals surface area contributed by atoms with Gasteiger partial charge < -0.3 is 97.3 Å². The lowest BCUT2D eigenvalue weighted by atomic mass is 9.89. The first-order valence-electron chi connectivity index (χ1n) is 43.1. The maximum absolute atomic E-state index is 12.3. The average molecular weight is 1600 g/mol. The first kappa shape index (κ1) is 130. The Kier molecular flexibility index (Phi) is 93.5. The van der Waals surface area contributed by atoms with E-state index in [1.807, 2.05) is 34.7 Å². The highest BCUT2D eigenvalue weighted by Crippen LogP contribution is 2.24. The van der Waals surface area contributed by atoms with E-state index >= 15 is 0 Å². The van der Waals surface area contributed by atoms with Crippen LogP contribution in [0.3, 0.4) is 0 Å².